The first-order chi connectivity index (χ1) is 9.47. The molecule has 2 fully saturated rings. The van der Waals surface area contributed by atoms with E-state index in [0.717, 1.165) is 24.3 Å². The van der Waals surface area contributed by atoms with Gasteiger partial charge in [0.1, 0.15) is 12.1 Å². The number of nitrogens with zero attached hydrogens (tertiary/aromatic N) is 1. The lowest BCUT2D eigenvalue weighted by molar-refractivity contribution is -0.155. The van der Waals surface area contributed by atoms with Gasteiger partial charge in [-0.1, -0.05) is 34.1 Å². The summed E-state index contributed by atoms with van der Waals surface area (Å²) in [6.45, 7) is 8.15. The Kier molecular flexibility index (Phi) is 4.99. The summed E-state index contributed by atoms with van der Waals surface area (Å²) in [5.74, 6) is 2.56. The summed E-state index contributed by atoms with van der Waals surface area (Å²) in [6, 6.07) is -0.405. The minimum absolute atomic E-state index is 0.0294. The summed E-state index contributed by atoms with van der Waals surface area (Å²) in [4.78, 5) is 27.3. The van der Waals surface area contributed by atoms with Gasteiger partial charge in [-0.2, -0.15) is 11.8 Å². The molecule has 2 amide bonds. The first-order valence-electron chi connectivity index (χ1n) is 7.67. The van der Waals surface area contributed by atoms with Gasteiger partial charge >= 0.3 is 0 Å². The van der Waals surface area contributed by atoms with Crippen LogP contribution in [0.2, 0.25) is 0 Å². The van der Waals surface area contributed by atoms with Crippen molar-refractivity contribution in [1.82, 2.24) is 10.2 Å². The van der Waals surface area contributed by atoms with E-state index in [2.05, 4.69) is 12.2 Å². The van der Waals surface area contributed by atoms with Crippen LogP contribution in [0.15, 0.2) is 0 Å². The molecule has 0 aromatic carbocycles. The second-order valence-corrected chi connectivity index (χ2v) is 7.47. The second-order valence-electron chi connectivity index (χ2n) is 6.32. The van der Waals surface area contributed by atoms with Gasteiger partial charge in [0.25, 0.3) is 0 Å². The minimum atomic E-state index is -0.340. The summed E-state index contributed by atoms with van der Waals surface area (Å²) >= 11 is 1.88. The average Bonchev–Trinajstić information content (AvgIpc) is 2.92. The quantitative estimate of drug-likeness (QED) is 0.862. The molecule has 0 aromatic rings. The third-order valence-electron chi connectivity index (χ3n) is 4.53. The van der Waals surface area contributed by atoms with E-state index in [-0.39, 0.29) is 41.8 Å². The van der Waals surface area contributed by atoms with Crippen molar-refractivity contribution < 1.29 is 9.59 Å². The highest BCUT2D eigenvalue weighted by atomic mass is 32.2. The Morgan fingerprint density at radius 2 is 2.05 bits per heavy atom. The molecule has 20 heavy (non-hydrogen) atoms. The Bertz CT molecular complexity index is 380. The van der Waals surface area contributed by atoms with Crippen molar-refractivity contribution in [1.29, 1.82) is 0 Å². The zero-order valence-electron chi connectivity index (χ0n) is 12.9. The highest BCUT2D eigenvalue weighted by Gasteiger charge is 2.46. The fourth-order valence-electron chi connectivity index (χ4n) is 3.12. The maximum Gasteiger partial charge on any atom is 0.246 e. The van der Waals surface area contributed by atoms with E-state index in [1.165, 1.54) is 0 Å². The van der Waals surface area contributed by atoms with Crippen LogP contribution < -0.4 is 5.32 Å². The standard InChI is InChI=1S/C15H26N2O2S/c1-5-10(4)12-15(19)17(11-6-7-20-8-11)13(9(2)3)14(18)16-12/h9-13H,5-8H2,1-4H3,(H,16,18). The third kappa shape index (κ3) is 2.83. The summed E-state index contributed by atoms with van der Waals surface area (Å²) in [5, 5.41) is 2.96. The number of hydrogen-bond donors (Lipinski definition) is 1. The number of nitrogens with one attached hydrogen (secondary N) is 1. The summed E-state index contributed by atoms with van der Waals surface area (Å²) in [6.07, 6.45) is 1.91. The van der Waals surface area contributed by atoms with Gasteiger partial charge in [0.2, 0.25) is 11.8 Å². The average molecular weight is 298 g/mol. The fourth-order valence-corrected chi connectivity index (χ4v) is 4.32. The predicted octanol–water partition coefficient (Wildman–Crippen LogP) is 1.89. The van der Waals surface area contributed by atoms with Crippen LogP contribution in [0.3, 0.4) is 0 Å². The lowest BCUT2D eigenvalue weighted by Crippen LogP contribution is -2.68. The molecule has 0 aliphatic carbocycles. The molecule has 2 saturated heterocycles. The first kappa shape index (κ1) is 15.7. The third-order valence-corrected chi connectivity index (χ3v) is 5.67. The van der Waals surface area contributed by atoms with Crippen molar-refractivity contribution in [2.75, 3.05) is 11.5 Å². The predicted molar refractivity (Wildman–Crippen MR) is 82.6 cm³/mol. The maximum atomic E-state index is 12.9. The van der Waals surface area contributed by atoms with E-state index >= 15 is 0 Å². The highest BCUT2D eigenvalue weighted by molar-refractivity contribution is 7.99. The van der Waals surface area contributed by atoms with Gasteiger partial charge in [-0.25, -0.2) is 0 Å². The molecule has 4 atom stereocenters. The van der Waals surface area contributed by atoms with E-state index in [1.54, 1.807) is 0 Å². The van der Waals surface area contributed by atoms with E-state index in [0.29, 0.717) is 0 Å². The molecular weight excluding hydrogens is 272 g/mol. The number of carbonyl (C=O) groups excluding carboxylic acids is 2. The maximum absolute atomic E-state index is 12.9. The number of carbonyl (C=O) groups is 2. The lowest BCUT2D eigenvalue weighted by Gasteiger charge is -2.45. The van der Waals surface area contributed by atoms with Crippen LogP contribution in [-0.4, -0.2) is 46.3 Å². The van der Waals surface area contributed by atoms with E-state index in [9.17, 15) is 9.59 Å². The number of rotatable bonds is 4. The van der Waals surface area contributed by atoms with Crippen LogP contribution in [-0.2, 0) is 9.59 Å². The van der Waals surface area contributed by atoms with Crippen LogP contribution >= 0.6 is 11.8 Å². The Hall–Kier alpha value is -0.710. The van der Waals surface area contributed by atoms with Gasteiger partial charge in [-0.15, -0.1) is 0 Å². The molecule has 2 rings (SSSR count). The minimum Gasteiger partial charge on any atom is -0.342 e. The van der Waals surface area contributed by atoms with Crippen LogP contribution in [0.5, 0.6) is 0 Å². The molecule has 1 N–H and O–H groups in total. The zero-order valence-corrected chi connectivity index (χ0v) is 13.7. The van der Waals surface area contributed by atoms with Crippen molar-refractivity contribution in [2.24, 2.45) is 11.8 Å². The molecule has 2 aliphatic rings. The molecule has 0 spiro atoms. The van der Waals surface area contributed by atoms with Gasteiger partial charge in [0, 0.05) is 11.8 Å². The molecule has 2 heterocycles. The zero-order chi connectivity index (χ0) is 14.9. The normalized spacial score (nSPS) is 32.6. The van der Waals surface area contributed by atoms with Gasteiger partial charge in [0.15, 0.2) is 0 Å². The molecule has 0 aromatic heterocycles. The van der Waals surface area contributed by atoms with Crippen LogP contribution in [0, 0.1) is 11.8 Å². The Balaban J connectivity index is 2.28. The van der Waals surface area contributed by atoms with Gasteiger partial charge < -0.3 is 10.2 Å². The number of piperazine rings is 1. The van der Waals surface area contributed by atoms with Crippen LogP contribution in [0.25, 0.3) is 0 Å². The smallest absolute Gasteiger partial charge is 0.246 e. The van der Waals surface area contributed by atoms with Crippen molar-refractivity contribution in [3.8, 4) is 0 Å². The monoisotopic (exact) mass is 298 g/mol. The summed E-state index contributed by atoms with van der Waals surface area (Å²) in [7, 11) is 0. The van der Waals surface area contributed by atoms with Gasteiger partial charge in [0.05, 0.1) is 0 Å². The largest absolute Gasteiger partial charge is 0.342 e. The van der Waals surface area contributed by atoms with E-state index in [4.69, 9.17) is 0 Å². The lowest BCUT2D eigenvalue weighted by atomic mass is 9.89. The molecule has 114 valence electrons. The van der Waals surface area contributed by atoms with Crippen molar-refractivity contribution in [3.05, 3.63) is 0 Å². The number of hydrogen-bond acceptors (Lipinski definition) is 3. The topological polar surface area (TPSA) is 49.4 Å². The second kappa shape index (κ2) is 6.37. The molecule has 5 heteroatoms. The van der Waals surface area contributed by atoms with Crippen molar-refractivity contribution in [3.63, 3.8) is 0 Å². The molecule has 4 nitrogen and oxygen atoms in total. The summed E-state index contributed by atoms with van der Waals surface area (Å²) in [5.41, 5.74) is 0. The van der Waals surface area contributed by atoms with Crippen LogP contribution in [0.4, 0.5) is 0 Å². The van der Waals surface area contributed by atoms with E-state index < -0.39 is 0 Å². The number of thioether (sulfide) groups is 1. The molecule has 2 aliphatic heterocycles. The SMILES string of the molecule is CCC(C)C1NC(=O)C(C(C)C)N(C2CCSC2)C1=O. The number of amides is 2. The molecule has 0 bridgehead atoms. The van der Waals surface area contributed by atoms with Gasteiger partial charge in [-0.05, 0) is 24.0 Å². The molecule has 0 saturated carbocycles. The Labute approximate surface area is 126 Å². The van der Waals surface area contributed by atoms with E-state index in [1.807, 2.05) is 37.4 Å². The Morgan fingerprint density at radius 3 is 2.55 bits per heavy atom. The molecule has 0 radical (unpaired) electrons. The van der Waals surface area contributed by atoms with Gasteiger partial charge in [-0.3, -0.25) is 9.59 Å². The van der Waals surface area contributed by atoms with Crippen molar-refractivity contribution >= 4 is 23.6 Å². The van der Waals surface area contributed by atoms with Crippen LogP contribution in [0.1, 0.15) is 40.5 Å². The van der Waals surface area contributed by atoms with Crippen molar-refractivity contribution in [2.45, 2.75) is 58.7 Å². The summed E-state index contributed by atoms with van der Waals surface area (Å²) < 4.78 is 0. The fraction of sp³-hybridized carbons (Fsp3) is 0.867. The molecule has 4 unspecified atom stereocenters. The molecular formula is C15H26N2O2S. The highest BCUT2D eigenvalue weighted by Crippen LogP contribution is 2.30. The Morgan fingerprint density at radius 1 is 1.35 bits per heavy atom. The first-order valence-corrected chi connectivity index (χ1v) is 8.83.